The number of carbonyl (C=O) groups is 1. The van der Waals surface area contributed by atoms with Gasteiger partial charge in [0.05, 0.1) is 30.8 Å². The number of nitrogens with zero attached hydrogens (tertiary/aromatic N) is 4. The number of hydrogen-bond donors (Lipinski definition) is 0. The van der Waals surface area contributed by atoms with Gasteiger partial charge >= 0.3 is 0 Å². The van der Waals surface area contributed by atoms with Crippen molar-refractivity contribution in [2.24, 2.45) is 7.05 Å². The number of pyridine rings is 1. The molecule has 0 saturated carbocycles. The molecule has 1 atom stereocenters. The number of aromatic nitrogens is 3. The number of ether oxygens (including phenoxy) is 1. The Morgan fingerprint density at radius 3 is 2.96 bits per heavy atom. The van der Waals surface area contributed by atoms with E-state index in [0.29, 0.717) is 31.0 Å². The van der Waals surface area contributed by atoms with E-state index in [1.165, 1.54) is 0 Å². The highest BCUT2D eigenvalue weighted by molar-refractivity contribution is 5.99. The molecule has 4 heterocycles. The minimum atomic E-state index is -0.0238. The first-order valence-corrected chi connectivity index (χ1v) is 8.56. The van der Waals surface area contributed by atoms with Crippen LogP contribution in [-0.4, -0.2) is 44.8 Å². The van der Waals surface area contributed by atoms with E-state index in [9.17, 15) is 4.79 Å². The van der Waals surface area contributed by atoms with Gasteiger partial charge in [-0.15, -0.1) is 0 Å². The van der Waals surface area contributed by atoms with E-state index >= 15 is 0 Å². The first-order chi connectivity index (χ1) is 12.7. The van der Waals surface area contributed by atoms with Gasteiger partial charge in [-0.2, -0.15) is 5.10 Å². The van der Waals surface area contributed by atoms with Gasteiger partial charge in [0, 0.05) is 44.3 Å². The maximum absolute atomic E-state index is 13.0. The molecule has 1 aliphatic heterocycles. The van der Waals surface area contributed by atoms with E-state index in [4.69, 9.17) is 9.15 Å². The monoisotopic (exact) mass is 352 g/mol. The number of likely N-dealkylation sites (tertiary alicyclic amines) is 1. The Hall–Kier alpha value is -2.93. The van der Waals surface area contributed by atoms with Crippen molar-refractivity contribution in [1.29, 1.82) is 0 Å². The van der Waals surface area contributed by atoms with Crippen LogP contribution in [0.5, 0.6) is 0 Å². The van der Waals surface area contributed by atoms with Crippen LogP contribution in [0.3, 0.4) is 0 Å². The summed E-state index contributed by atoms with van der Waals surface area (Å²) in [5, 5.41) is 4.41. The third-order valence-electron chi connectivity index (χ3n) is 4.52. The second-order valence-corrected chi connectivity index (χ2v) is 6.41. The fourth-order valence-electron chi connectivity index (χ4n) is 3.17. The summed E-state index contributed by atoms with van der Waals surface area (Å²) in [6.45, 7) is 1.80. The molecule has 1 fully saturated rings. The summed E-state index contributed by atoms with van der Waals surface area (Å²) >= 11 is 0. The molecule has 26 heavy (non-hydrogen) atoms. The normalized spacial score (nSPS) is 17.0. The predicted octanol–water partition coefficient (Wildman–Crippen LogP) is 2.51. The van der Waals surface area contributed by atoms with Crippen molar-refractivity contribution in [2.45, 2.75) is 19.1 Å². The fraction of sp³-hybridized carbons (Fsp3) is 0.316. The van der Waals surface area contributed by atoms with Gasteiger partial charge < -0.3 is 14.1 Å². The highest BCUT2D eigenvalue weighted by Gasteiger charge is 2.30. The van der Waals surface area contributed by atoms with Gasteiger partial charge in [-0.05, 0) is 30.2 Å². The van der Waals surface area contributed by atoms with Crippen molar-refractivity contribution in [2.75, 3.05) is 13.1 Å². The molecule has 0 bridgehead atoms. The fourth-order valence-corrected chi connectivity index (χ4v) is 3.17. The van der Waals surface area contributed by atoms with Gasteiger partial charge in [-0.25, -0.2) is 0 Å². The molecule has 4 rings (SSSR count). The van der Waals surface area contributed by atoms with Crippen LogP contribution in [-0.2, 0) is 18.4 Å². The van der Waals surface area contributed by atoms with Crippen LogP contribution in [0.2, 0.25) is 0 Å². The van der Waals surface area contributed by atoms with Crippen LogP contribution in [0.1, 0.15) is 22.3 Å². The first-order valence-electron chi connectivity index (χ1n) is 8.56. The molecule has 1 saturated heterocycles. The van der Waals surface area contributed by atoms with Crippen LogP contribution in [0.25, 0.3) is 11.3 Å². The van der Waals surface area contributed by atoms with Crippen molar-refractivity contribution < 1.29 is 13.9 Å². The van der Waals surface area contributed by atoms with E-state index in [1.807, 2.05) is 30.1 Å². The lowest BCUT2D eigenvalue weighted by Crippen LogP contribution is -2.30. The number of furan rings is 1. The second kappa shape index (κ2) is 7.13. The van der Waals surface area contributed by atoms with E-state index in [2.05, 4.69) is 10.1 Å². The Bertz CT molecular complexity index is 874. The molecule has 1 aliphatic rings. The summed E-state index contributed by atoms with van der Waals surface area (Å²) in [6, 6.07) is 5.68. The Morgan fingerprint density at radius 2 is 2.19 bits per heavy atom. The summed E-state index contributed by atoms with van der Waals surface area (Å²) in [6.07, 6.45) is 9.32. The molecule has 134 valence electrons. The Labute approximate surface area is 151 Å². The number of rotatable bonds is 5. The van der Waals surface area contributed by atoms with Gasteiger partial charge in [0.25, 0.3) is 5.91 Å². The number of amides is 1. The molecule has 0 radical (unpaired) electrons. The maximum atomic E-state index is 13.0. The van der Waals surface area contributed by atoms with Crippen LogP contribution >= 0.6 is 0 Å². The summed E-state index contributed by atoms with van der Waals surface area (Å²) in [7, 11) is 1.81. The Morgan fingerprint density at radius 1 is 1.35 bits per heavy atom. The summed E-state index contributed by atoms with van der Waals surface area (Å²) in [4.78, 5) is 18.8. The highest BCUT2D eigenvalue weighted by atomic mass is 16.5. The minimum Gasteiger partial charge on any atom is -0.472 e. The Kier molecular flexibility index (Phi) is 4.53. The molecule has 3 aromatic heterocycles. The van der Waals surface area contributed by atoms with E-state index in [-0.39, 0.29) is 12.0 Å². The Balaban J connectivity index is 1.42. The van der Waals surface area contributed by atoms with E-state index in [0.717, 1.165) is 17.5 Å². The lowest BCUT2D eigenvalue weighted by molar-refractivity contribution is 0.0437. The van der Waals surface area contributed by atoms with Crippen molar-refractivity contribution in [3.8, 4) is 11.3 Å². The van der Waals surface area contributed by atoms with Crippen molar-refractivity contribution in [3.63, 3.8) is 0 Å². The molecule has 0 aromatic carbocycles. The average molecular weight is 352 g/mol. The largest absolute Gasteiger partial charge is 0.472 e. The zero-order chi connectivity index (χ0) is 17.9. The van der Waals surface area contributed by atoms with Gasteiger partial charge in [-0.3, -0.25) is 14.5 Å². The molecule has 1 unspecified atom stereocenters. The SMILES string of the molecule is Cn1cc(C(=O)N2CCC(OCc3ccncc3)C2)c(-c2ccoc2)n1. The van der Waals surface area contributed by atoms with Crippen LogP contribution in [0, 0.1) is 0 Å². The average Bonchev–Trinajstić information content (AvgIpc) is 3.40. The number of hydrogen-bond acceptors (Lipinski definition) is 5. The molecule has 0 aliphatic carbocycles. The van der Waals surface area contributed by atoms with E-state index in [1.54, 1.807) is 35.8 Å². The molecule has 1 amide bonds. The van der Waals surface area contributed by atoms with E-state index < -0.39 is 0 Å². The van der Waals surface area contributed by atoms with Crippen molar-refractivity contribution in [1.82, 2.24) is 19.7 Å². The first kappa shape index (κ1) is 16.5. The third kappa shape index (κ3) is 3.39. The topological polar surface area (TPSA) is 73.4 Å². The second-order valence-electron chi connectivity index (χ2n) is 6.41. The molecular weight excluding hydrogens is 332 g/mol. The molecule has 7 heteroatoms. The standard InChI is InChI=1S/C19H20N4O3/c1-22-11-17(18(21-22)15-5-9-25-13-15)19(24)23-8-4-16(10-23)26-12-14-2-6-20-7-3-14/h2-3,5-7,9,11,13,16H,4,8,10,12H2,1H3. The van der Waals surface area contributed by atoms with Crippen molar-refractivity contribution >= 4 is 5.91 Å². The van der Waals surface area contributed by atoms with Crippen LogP contribution in [0.4, 0.5) is 0 Å². The molecule has 3 aromatic rings. The van der Waals surface area contributed by atoms with Gasteiger partial charge in [0.1, 0.15) is 5.69 Å². The quantitative estimate of drug-likeness (QED) is 0.705. The zero-order valence-corrected chi connectivity index (χ0v) is 14.5. The van der Waals surface area contributed by atoms with Crippen molar-refractivity contribution in [3.05, 3.63) is 60.4 Å². The maximum Gasteiger partial charge on any atom is 0.257 e. The number of aryl methyl sites for hydroxylation is 1. The molecule has 0 spiro atoms. The third-order valence-corrected chi connectivity index (χ3v) is 4.52. The lowest BCUT2D eigenvalue weighted by Gasteiger charge is -2.16. The smallest absolute Gasteiger partial charge is 0.257 e. The van der Waals surface area contributed by atoms with Gasteiger partial charge in [-0.1, -0.05) is 0 Å². The summed E-state index contributed by atoms with van der Waals surface area (Å²) < 4.78 is 12.7. The molecular formula is C19H20N4O3. The molecule has 0 N–H and O–H groups in total. The number of carbonyl (C=O) groups excluding carboxylic acids is 1. The predicted molar refractivity (Wildman–Crippen MR) is 94.2 cm³/mol. The zero-order valence-electron chi connectivity index (χ0n) is 14.5. The van der Waals surface area contributed by atoms with Crippen LogP contribution in [0.15, 0.2) is 53.7 Å². The summed E-state index contributed by atoms with van der Waals surface area (Å²) in [5.74, 6) is -0.0238. The summed E-state index contributed by atoms with van der Waals surface area (Å²) in [5.41, 5.74) is 3.12. The van der Waals surface area contributed by atoms with Crippen LogP contribution < -0.4 is 0 Å². The van der Waals surface area contributed by atoms with Gasteiger partial charge in [0.15, 0.2) is 0 Å². The minimum absolute atomic E-state index is 0.0238. The van der Waals surface area contributed by atoms with Gasteiger partial charge in [0.2, 0.25) is 0 Å². The lowest BCUT2D eigenvalue weighted by atomic mass is 10.1. The molecule has 7 nitrogen and oxygen atoms in total. The highest BCUT2D eigenvalue weighted by Crippen LogP contribution is 2.25.